The van der Waals surface area contributed by atoms with Crippen LogP contribution in [0.1, 0.15) is 5.69 Å². The van der Waals surface area contributed by atoms with E-state index in [1.807, 2.05) is 88.4 Å². The van der Waals surface area contributed by atoms with Crippen LogP contribution in [0.2, 0.25) is 0 Å². The Labute approximate surface area is 200 Å². The number of benzene rings is 2. The van der Waals surface area contributed by atoms with E-state index in [9.17, 15) is 4.79 Å². The molecule has 0 aliphatic carbocycles. The number of halogens is 1. The third-order valence-corrected chi connectivity index (χ3v) is 6.06. The maximum atomic E-state index is 12.5. The Bertz CT molecular complexity index is 1230. The highest BCUT2D eigenvalue weighted by Gasteiger charge is 2.20. The smallest absolute Gasteiger partial charge is 0.335 e. The fraction of sp³-hybridized carbons (Fsp3) is 0.120. The Morgan fingerprint density at radius 3 is 2.31 bits per heavy atom. The number of methoxy groups -OCH3 is 2. The first kappa shape index (κ1) is 21.9. The molecule has 0 atom stereocenters. The van der Waals surface area contributed by atoms with Crippen molar-refractivity contribution in [3.05, 3.63) is 94.0 Å². The Morgan fingerprint density at radius 2 is 1.69 bits per heavy atom. The van der Waals surface area contributed by atoms with Crippen molar-refractivity contribution in [1.82, 2.24) is 14.3 Å². The molecule has 0 saturated carbocycles. The molecule has 7 heteroatoms. The summed E-state index contributed by atoms with van der Waals surface area (Å²) in [4.78, 5) is 12.5. The monoisotopic (exact) mass is 539 g/mol. The highest BCUT2D eigenvalue weighted by molar-refractivity contribution is 14.1. The van der Waals surface area contributed by atoms with E-state index in [4.69, 9.17) is 14.6 Å². The Balaban J connectivity index is 1.86. The summed E-state index contributed by atoms with van der Waals surface area (Å²) < 4.78 is 15.1. The van der Waals surface area contributed by atoms with Crippen LogP contribution in [-0.2, 0) is 16.1 Å². The van der Waals surface area contributed by atoms with Crippen molar-refractivity contribution in [2.45, 2.75) is 6.54 Å². The molecule has 0 fully saturated rings. The van der Waals surface area contributed by atoms with Crippen LogP contribution in [0.4, 0.5) is 0 Å². The molecule has 0 bridgehead atoms. The maximum absolute atomic E-state index is 12.5. The van der Waals surface area contributed by atoms with Gasteiger partial charge in [0.1, 0.15) is 11.4 Å². The first-order valence-corrected chi connectivity index (χ1v) is 11.1. The predicted molar refractivity (Wildman–Crippen MR) is 133 cm³/mol. The lowest BCUT2D eigenvalue weighted by Crippen LogP contribution is -2.11. The molecule has 0 N–H and O–H groups in total. The van der Waals surface area contributed by atoms with Gasteiger partial charge in [-0.2, -0.15) is 5.10 Å². The van der Waals surface area contributed by atoms with Gasteiger partial charge >= 0.3 is 5.97 Å². The number of nitrogens with zero attached hydrogens (tertiary/aromatic N) is 3. The van der Waals surface area contributed by atoms with E-state index in [1.54, 1.807) is 13.2 Å². The van der Waals surface area contributed by atoms with E-state index >= 15 is 0 Å². The number of ether oxygens (including phenoxy) is 2. The zero-order valence-corrected chi connectivity index (χ0v) is 19.9. The Morgan fingerprint density at radius 1 is 1.00 bits per heavy atom. The van der Waals surface area contributed by atoms with Gasteiger partial charge in [0.05, 0.1) is 41.3 Å². The number of hydrogen-bond acceptors (Lipinski definition) is 4. The molecule has 162 valence electrons. The van der Waals surface area contributed by atoms with E-state index in [2.05, 4.69) is 22.6 Å². The van der Waals surface area contributed by atoms with Crippen molar-refractivity contribution in [1.29, 1.82) is 0 Å². The maximum Gasteiger partial charge on any atom is 0.335 e. The minimum Gasteiger partial charge on any atom is -0.497 e. The second kappa shape index (κ2) is 9.86. The summed E-state index contributed by atoms with van der Waals surface area (Å²) in [6.45, 7) is 0.395. The summed E-state index contributed by atoms with van der Waals surface area (Å²) in [7, 11) is 3.04. The summed E-state index contributed by atoms with van der Waals surface area (Å²) >= 11 is 2.29. The molecule has 4 rings (SSSR count). The number of aromatic nitrogens is 3. The molecule has 2 aromatic carbocycles. The standard InChI is InChI=1S/C25H22IN3O3/c1-31-21-12-10-18(11-13-21)24-23(26)22(27-29(24)20-8-4-3-5-9-20)16-19(25(30)32-2)17-28-14-6-7-15-28/h3-16H,17H2,1-2H3/b19-16+. The Hall–Kier alpha value is -3.33. The van der Waals surface area contributed by atoms with Crippen LogP contribution in [0.15, 0.2) is 84.7 Å². The number of carbonyl (C=O) groups excluding carboxylic acids is 1. The molecule has 2 aromatic heterocycles. The average molecular weight is 539 g/mol. The van der Waals surface area contributed by atoms with Gasteiger partial charge in [0, 0.05) is 18.0 Å². The third-order valence-electron chi connectivity index (χ3n) is 4.99. The van der Waals surface area contributed by atoms with E-state index in [1.165, 1.54) is 7.11 Å². The summed E-state index contributed by atoms with van der Waals surface area (Å²) in [5, 5.41) is 4.87. The van der Waals surface area contributed by atoms with Gasteiger partial charge in [-0.3, -0.25) is 0 Å². The van der Waals surface area contributed by atoms with Crippen LogP contribution < -0.4 is 4.74 Å². The minimum absolute atomic E-state index is 0.380. The lowest BCUT2D eigenvalue weighted by atomic mass is 10.1. The van der Waals surface area contributed by atoms with Gasteiger partial charge in [0.25, 0.3) is 0 Å². The highest BCUT2D eigenvalue weighted by atomic mass is 127. The normalized spacial score (nSPS) is 11.4. The minimum atomic E-state index is -0.380. The van der Waals surface area contributed by atoms with Crippen molar-refractivity contribution in [2.75, 3.05) is 14.2 Å². The first-order chi connectivity index (χ1) is 15.6. The Kier molecular flexibility index (Phi) is 6.75. The molecule has 4 aromatic rings. The fourth-order valence-electron chi connectivity index (χ4n) is 3.40. The average Bonchev–Trinajstić information content (AvgIpc) is 3.47. The quantitative estimate of drug-likeness (QED) is 0.184. The van der Waals surface area contributed by atoms with E-state index in [-0.39, 0.29) is 5.97 Å². The van der Waals surface area contributed by atoms with Crippen LogP contribution in [-0.4, -0.2) is 34.5 Å². The molecule has 0 amide bonds. The second-order valence-electron chi connectivity index (χ2n) is 7.04. The molecular weight excluding hydrogens is 517 g/mol. The van der Waals surface area contributed by atoms with Crippen LogP contribution >= 0.6 is 22.6 Å². The van der Waals surface area contributed by atoms with Crippen molar-refractivity contribution < 1.29 is 14.3 Å². The first-order valence-electron chi connectivity index (χ1n) is 9.98. The predicted octanol–water partition coefficient (Wildman–Crippen LogP) is 5.21. The van der Waals surface area contributed by atoms with Gasteiger partial charge in [-0.15, -0.1) is 0 Å². The molecule has 2 heterocycles. The van der Waals surface area contributed by atoms with Crippen molar-refractivity contribution in [2.24, 2.45) is 0 Å². The van der Waals surface area contributed by atoms with Crippen LogP contribution in [0.25, 0.3) is 23.0 Å². The SMILES string of the molecule is COC(=O)/C(=C/c1nn(-c2ccccc2)c(-c2ccc(OC)cc2)c1I)Cn1cccc1. The molecule has 0 unspecified atom stereocenters. The molecule has 0 spiro atoms. The molecule has 0 aliphatic rings. The van der Waals surface area contributed by atoms with Crippen LogP contribution in [0.3, 0.4) is 0 Å². The van der Waals surface area contributed by atoms with Crippen molar-refractivity contribution >= 4 is 34.6 Å². The lowest BCUT2D eigenvalue weighted by molar-refractivity contribution is -0.136. The van der Waals surface area contributed by atoms with Gasteiger partial charge in [0.15, 0.2) is 0 Å². The van der Waals surface area contributed by atoms with Gasteiger partial charge in [-0.25, -0.2) is 9.48 Å². The summed E-state index contributed by atoms with van der Waals surface area (Å²) in [6.07, 6.45) is 5.63. The fourth-order valence-corrected chi connectivity index (χ4v) is 4.20. The molecular formula is C25H22IN3O3. The second-order valence-corrected chi connectivity index (χ2v) is 8.12. The van der Waals surface area contributed by atoms with E-state index in [0.717, 1.165) is 26.3 Å². The molecule has 0 saturated heterocycles. The molecule has 6 nitrogen and oxygen atoms in total. The van der Waals surface area contributed by atoms with Gasteiger partial charge in [-0.1, -0.05) is 18.2 Å². The molecule has 0 radical (unpaired) electrons. The van der Waals surface area contributed by atoms with Gasteiger partial charge < -0.3 is 14.0 Å². The van der Waals surface area contributed by atoms with Gasteiger partial charge in [-0.05, 0) is 77.2 Å². The molecule has 0 aliphatic heterocycles. The summed E-state index contributed by atoms with van der Waals surface area (Å²) in [6, 6.07) is 21.6. The number of rotatable bonds is 7. The summed E-state index contributed by atoms with van der Waals surface area (Å²) in [5.41, 5.74) is 4.08. The van der Waals surface area contributed by atoms with Crippen molar-refractivity contribution in [3.63, 3.8) is 0 Å². The van der Waals surface area contributed by atoms with E-state index in [0.29, 0.717) is 17.8 Å². The molecule has 32 heavy (non-hydrogen) atoms. The zero-order valence-electron chi connectivity index (χ0n) is 17.7. The van der Waals surface area contributed by atoms with Gasteiger partial charge in [0.2, 0.25) is 0 Å². The van der Waals surface area contributed by atoms with Crippen LogP contribution in [0, 0.1) is 3.57 Å². The van der Waals surface area contributed by atoms with Crippen LogP contribution in [0.5, 0.6) is 5.75 Å². The number of para-hydroxylation sites is 1. The summed E-state index contributed by atoms with van der Waals surface area (Å²) in [5.74, 6) is 0.407. The topological polar surface area (TPSA) is 58.3 Å². The number of esters is 1. The van der Waals surface area contributed by atoms with E-state index < -0.39 is 0 Å². The van der Waals surface area contributed by atoms with Crippen molar-refractivity contribution in [3.8, 4) is 22.7 Å². The highest BCUT2D eigenvalue weighted by Crippen LogP contribution is 2.32. The largest absolute Gasteiger partial charge is 0.497 e. The third kappa shape index (κ3) is 4.62. The number of carbonyl (C=O) groups is 1. The number of hydrogen-bond donors (Lipinski definition) is 0. The lowest BCUT2D eigenvalue weighted by Gasteiger charge is -2.09. The zero-order chi connectivity index (χ0) is 22.5.